The molecule has 1 aromatic heterocycles. The van der Waals surface area contributed by atoms with E-state index in [0.717, 1.165) is 38.8 Å². The van der Waals surface area contributed by atoms with E-state index in [2.05, 4.69) is 15.4 Å². The van der Waals surface area contributed by atoms with Gasteiger partial charge in [0.05, 0.1) is 19.1 Å². The van der Waals surface area contributed by atoms with Crippen molar-refractivity contribution in [1.29, 1.82) is 0 Å². The molecule has 0 spiro atoms. The monoisotopic (exact) mass is 452 g/mol. The zero-order valence-electron chi connectivity index (χ0n) is 18.1. The fraction of sp³-hybridized carbons (Fsp3) is 0.714. The van der Waals surface area contributed by atoms with E-state index in [9.17, 15) is 13.2 Å². The van der Waals surface area contributed by atoms with Crippen molar-refractivity contribution in [2.24, 2.45) is 5.92 Å². The van der Waals surface area contributed by atoms with Crippen LogP contribution in [0.4, 0.5) is 0 Å². The van der Waals surface area contributed by atoms with Gasteiger partial charge in [-0.2, -0.15) is 4.31 Å². The zero-order chi connectivity index (χ0) is 21.8. The van der Waals surface area contributed by atoms with E-state index >= 15 is 0 Å². The smallest absolute Gasteiger partial charge is 0.248 e. The van der Waals surface area contributed by atoms with Gasteiger partial charge in [-0.05, 0) is 32.6 Å². The fourth-order valence-corrected chi connectivity index (χ4v) is 6.37. The molecule has 9 nitrogen and oxygen atoms in total. The third-order valence-electron chi connectivity index (χ3n) is 6.37. The average molecular weight is 453 g/mol. The largest absolute Gasteiger partial charge is 0.378 e. The number of aryl methyl sites for hydroxylation is 1. The minimum atomic E-state index is -3.82. The molecular formula is C21H32N4O5S. The van der Waals surface area contributed by atoms with Crippen LogP contribution in [0.5, 0.6) is 0 Å². The van der Waals surface area contributed by atoms with E-state index in [1.807, 2.05) is 6.20 Å². The van der Waals surface area contributed by atoms with Gasteiger partial charge in [0.2, 0.25) is 15.9 Å². The minimum absolute atomic E-state index is 0.0266. The van der Waals surface area contributed by atoms with Crippen LogP contribution in [-0.2, 0) is 19.6 Å². The summed E-state index contributed by atoms with van der Waals surface area (Å²) in [4.78, 5) is 14.9. The lowest BCUT2D eigenvalue weighted by Gasteiger charge is -2.31. The van der Waals surface area contributed by atoms with Crippen molar-refractivity contribution in [1.82, 2.24) is 19.7 Å². The number of aromatic nitrogens is 1. The topological polar surface area (TPSA) is 105 Å². The standard InChI is InChI=1S/C21H32N4O5S/c1-16-20(19(30-23-16)8-10-24-11-13-29-14-12-24)31(27,28)25-9-4-5-17(15-25)21(26)22-18-6-2-3-7-18/h8,10,17-18H,2-7,9,11-15H2,1H3,(H,22,26)/b10-8+. The Morgan fingerprint density at radius 3 is 2.61 bits per heavy atom. The van der Waals surface area contributed by atoms with Crippen LogP contribution in [0.1, 0.15) is 50.0 Å². The predicted octanol–water partition coefficient (Wildman–Crippen LogP) is 1.75. The van der Waals surface area contributed by atoms with Gasteiger partial charge in [-0.25, -0.2) is 8.42 Å². The number of nitrogens with one attached hydrogen (secondary N) is 1. The Bertz CT molecular complexity index is 901. The number of rotatable bonds is 6. The summed E-state index contributed by atoms with van der Waals surface area (Å²) in [7, 11) is -3.82. The lowest BCUT2D eigenvalue weighted by Crippen LogP contribution is -2.47. The van der Waals surface area contributed by atoms with Crippen LogP contribution >= 0.6 is 0 Å². The predicted molar refractivity (Wildman–Crippen MR) is 115 cm³/mol. The molecule has 3 aliphatic rings. The summed E-state index contributed by atoms with van der Waals surface area (Å²) in [5.74, 6) is -0.126. The van der Waals surface area contributed by atoms with Crippen molar-refractivity contribution in [3.63, 3.8) is 0 Å². The second-order valence-electron chi connectivity index (χ2n) is 8.62. The Kier molecular flexibility index (Phi) is 6.98. The summed E-state index contributed by atoms with van der Waals surface area (Å²) in [5, 5.41) is 7.03. The maximum atomic E-state index is 13.5. The Morgan fingerprint density at radius 2 is 1.87 bits per heavy atom. The summed E-state index contributed by atoms with van der Waals surface area (Å²) in [5.41, 5.74) is 0.333. The Morgan fingerprint density at radius 1 is 1.13 bits per heavy atom. The molecule has 31 heavy (non-hydrogen) atoms. The Labute approximate surface area is 183 Å². The highest BCUT2D eigenvalue weighted by Crippen LogP contribution is 2.29. The molecule has 3 fully saturated rings. The summed E-state index contributed by atoms with van der Waals surface area (Å²) < 4.78 is 39.1. The SMILES string of the molecule is Cc1noc(/C=C/N2CCOCC2)c1S(=O)(=O)N1CCCC(C(=O)NC2CCCC2)C1. The number of morpholine rings is 1. The highest BCUT2D eigenvalue weighted by Gasteiger charge is 2.37. The highest BCUT2D eigenvalue weighted by atomic mass is 32.2. The molecule has 0 aromatic carbocycles. The molecule has 0 bridgehead atoms. The first-order valence-electron chi connectivity index (χ1n) is 11.2. The van der Waals surface area contributed by atoms with Crippen LogP contribution in [0.3, 0.4) is 0 Å². The molecule has 2 saturated heterocycles. The van der Waals surface area contributed by atoms with E-state index in [-0.39, 0.29) is 35.1 Å². The van der Waals surface area contributed by atoms with Crippen LogP contribution in [0.25, 0.3) is 6.08 Å². The first-order chi connectivity index (χ1) is 14.9. The van der Waals surface area contributed by atoms with Crippen molar-refractivity contribution in [3.8, 4) is 0 Å². The molecule has 1 unspecified atom stereocenters. The molecule has 4 rings (SSSR count). The average Bonchev–Trinajstić information content (AvgIpc) is 3.42. The van der Waals surface area contributed by atoms with Crippen molar-refractivity contribution in [2.45, 2.75) is 56.4 Å². The molecule has 3 heterocycles. The second-order valence-corrected chi connectivity index (χ2v) is 10.5. The lowest BCUT2D eigenvalue weighted by molar-refractivity contribution is -0.126. The summed E-state index contributed by atoms with van der Waals surface area (Å²) in [6, 6.07) is 0.233. The van der Waals surface area contributed by atoms with Crippen LogP contribution < -0.4 is 5.32 Å². The Hall–Kier alpha value is -1.91. The number of amides is 1. The number of sulfonamides is 1. The van der Waals surface area contributed by atoms with Gasteiger partial charge in [0, 0.05) is 44.5 Å². The van der Waals surface area contributed by atoms with Gasteiger partial charge in [0.1, 0.15) is 5.69 Å². The highest BCUT2D eigenvalue weighted by molar-refractivity contribution is 7.89. The van der Waals surface area contributed by atoms with Crippen LogP contribution in [-0.4, -0.2) is 74.1 Å². The summed E-state index contributed by atoms with van der Waals surface area (Å²) in [6.45, 7) is 5.00. The normalized spacial score (nSPS) is 24.2. The molecule has 10 heteroatoms. The molecule has 1 atom stereocenters. The molecule has 1 aromatic rings. The maximum Gasteiger partial charge on any atom is 0.248 e. The minimum Gasteiger partial charge on any atom is -0.378 e. The number of carbonyl (C=O) groups excluding carboxylic acids is 1. The number of hydrogen-bond donors (Lipinski definition) is 1. The van der Waals surface area contributed by atoms with Gasteiger partial charge in [-0.3, -0.25) is 4.79 Å². The van der Waals surface area contributed by atoms with Gasteiger partial charge in [-0.15, -0.1) is 0 Å². The number of carbonyl (C=O) groups is 1. The Balaban J connectivity index is 1.48. The number of piperidine rings is 1. The number of hydrogen-bond acceptors (Lipinski definition) is 7. The number of nitrogens with zero attached hydrogens (tertiary/aromatic N) is 3. The van der Waals surface area contributed by atoms with E-state index in [0.29, 0.717) is 38.3 Å². The van der Waals surface area contributed by atoms with Gasteiger partial charge in [0.25, 0.3) is 0 Å². The van der Waals surface area contributed by atoms with E-state index in [1.165, 1.54) is 4.31 Å². The first-order valence-corrected chi connectivity index (χ1v) is 12.7. The van der Waals surface area contributed by atoms with Gasteiger partial charge < -0.3 is 19.5 Å². The fourth-order valence-electron chi connectivity index (χ4n) is 4.59. The molecule has 1 saturated carbocycles. The van der Waals surface area contributed by atoms with Crippen LogP contribution in [0.2, 0.25) is 0 Å². The van der Waals surface area contributed by atoms with Crippen molar-refractivity contribution in [2.75, 3.05) is 39.4 Å². The third kappa shape index (κ3) is 5.12. The molecule has 172 valence electrons. The molecule has 1 amide bonds. The van der Waals surface area contributed by atoms with Crippen LogP contribution in [0.15, 0.2) is 15.6 Å². The quantitative estimate of drug-likeness (QED) is 0.701. The summed E-state index contributed by atoms with van der Waals surface area (Å²) >= 11 is 0. The van der Waals surface area contributed by atoms with Crippen molar-refractivity contribution < 1.29 is 22.5 Å². The van der Waals surface area contributed by atoms with E-state index in [4.69, 9.17) is 9.26 Å². The van der Waals surface area contributed by atoms with Gasteiger partial charge in [-0.1, -0.05) is 18.0 Å². The summed E-state index contributed by atoms with van der Waals surface area (Å²) in [6.07, 6.45) is 9.16. The lowest BCUT2D eigenvalue weighted by atomic mass is 9.98. The molecular weight excluding hydrogens is 420 g/mol. The van der Waals surface area contributed by atoms with Gasteiger partial charge >= 0.3 is 0 Å². The molecule has 1 aliphatic carbocycles. The van der Waals surface area contributed by atoms with Crippen molar-refractivity contribution in [3.05, 3.63) is 17.7 Å². The first kappa shape index (κ1) is 22.3. The third-order valence-corrected chi connectivity index (χ3v) is 8.39. The van der Waals surface area contributed by atoms with E-state index in [1.54, 1.807) is 13.0 Å². The molecule has 0 radical (unpaired) electrons. The van der Waals surface area contributed by atoms with Crippen LogP contribution in [0, 0.1) is 12.8 Å². The zero-order valence-corrected chi connectivity index (χ0v) is 18.9. The number of ether oxygens (including phenoxy) is 1. The molecule has 2 aliphatic heterocycles. The molecule has 1 N–H and O–H groups in total. The second kappa shape index (κ2) is 9.70. The van der Waals surface area contributed by atoms with E-state index < -0.39 is 10.0 Å². The van der Waals surface area contributed by atoms with Crippen molar-refractivity contribution >= 4 is 22.0 Å². The van der Waals surface area contributed by atoms with Gasteiger partial charge in [0.15, 0.2) is 10.7 Å². The maximum absolute atomic E-state index is 13.5.